The Morgan fingerprint density at radius 3 is 2.83 bits per heavy atom. The van der Waals surface area contributed by atoms with Gasteiger partial charge in [-0.15, -0.1) is 24.0 Å². The maximum Gasteiger partial charge on any atom is 0.194 e. The quantitative estimate of drug-likeness (QED) is 0.392. The van der Waals surface area contributed by atoms with Gasteiger partial charge in [0.25, 0.3) is 0 Å². The van der Waals surface area contributed by atoms with Gasteiger partial charge in [-0.1, -0.05) is 21.1 Å². The molecule has 0 amide bonds. The molecule has 0 atom stereocenters. The number of aliphatic imine (C=N–C) groups is 1. The van der Waals surface area contributed by atoms with Crippen LogP contribution in [0.4, 0.5) is 0 Å². The molecule has 0 aliphatic heterocycles. The molecule has 23 heavy (non-hydrogen) atoms. The Balaban J connectivity index is 0.00000264. The molecule has 0 unspecified atom stereocenters. The molecule has 0 aliphatic carbocycles. The van der Waals surface area contributed by atoms with Crippen LogP contribution in [0, 0.1) is 0 Å². The second-order valence-electron chi connectivity index (χ2n) is 4.70. The summed E-state index contributed by atoms with van der Waals surface area (Å²) in [5, 5.41) is 7.23. The number of rotatable bonds is 5. The lowest BCUT2D eigenvalue weighted by Gasteiger charge is -2.21. The lowest BCUT2D eigenvalue weighted by atomic mass is 10.2. The molecule has 0 bridgehead atoms. The summed E-state index contributed by atoms with van der Waals surface area (Å²) in [7, 11) is 5.36. The molecular weight excluding hydrogens is 475 g/mol. The topological polar surface area (TPSA) is 62.9 Å². The van der Waals surface area contributed by atoms with Crippen molar-refractivity contribution in [2.45, 2.75) is 13.1 Å². The average Bonchev–Trinajstić information content (AvgIpc) is 3.02. The average molecular weight is 495 g/mol. The van der Waals surface area contributed by atoms with E-state index in [0.717, 1.165) is 27.4 Å². The molecule has 2 rings (SSSR count). The van der Waals surface area contributed by atoms with Gasteiger partial charge in [0.1, 0.15) is 17.7 Å². The first-order valence-electron chi connectivity index (χ1n) is 6.77. The number of ether oxygens (including phenoxy) is 1. The fourth-order valence-electron chi connectivity index (χ4n) is 2.01. The number of halogens is 2. The summed E-state index contributed by atoms with van der Waals surface area (Å²) in [4.78, 5) is 6.26. The van der Waals surface area contributed by atoms with Crippen LogP contribution < -0.4 is 10.1 Å². The minimum atomic E-state index is 0. The number of benzene rings is 1. The molecule has 0 saturated carbocycles. The minimum absolute atomic E-state index is 0. The third-order valence-electron chi connectivity index (χ3n) is 3.15. The third-order valence-corrected chi connectivity index (χ3v) is 3.93. The van der Waals surface area contributed by atoms with Crippen LogP contribution in [0.25, 0.3) is 0 Å². The Hall–Kier alpha value is -1.29. The monoisotopic (exact) mass is 494 g/mol. The van der Waals surface area contributed by atoms with Gasteiger partial charge in [-0.25, -0.2) is 0 Å². The van der Waals surface area contributed by atoms with Gasteiger partial charge in [0.2, 0.25) is 0 Å². The summed E-state index contributed by atoms with van der Waals surface area (Å²) in [6.07, 6.45) is 1.56. The first-order valence-corrected chi connectivity index (χ1v) is 7.56. The summed E-state index contributed by atoms with van der Waals surface area (Å²) in [6, 6.07) is 7.71. The Labute approximate surface area is 161 Å². The highest BCUT2D eigenvalue weighted by Gasteiger charge is 2.09. The zero-order chi connectivity index (χ0) is 15.9. The van der Waals surface area contributed by atoms with Crippen LogP contribution in [0.1, 0.15) is 11.3 Å². The molecule has 6 nitrogen and oxygen atoms in total. The highest BCUT2D eigenvalue weighted by atomic mass is 127. The third kappa shape index (κ3) is 5.69. The fraction of sp³-hybridized carbons (Fsp3) is 0.333. The summed E-state index contributed by atoms with van der Waals surface area (Å²) < 4.78 is 11.1. The standard InChI is InChI=1S/C15H19BrN4O2.HI/c1-17-15(20(2)10-12-6-7-22-19-12)18-9-11-8-13(21-3)4-5-14(11)16;/h4-8H,9-10H2,1-3H3,(H,17,18);1H. The van der Waals surface area contributed by atoms with Gasteiger partial charge >= 0.3 is 0 Å². The maximum absolute atomic E-state index is 5.25. The van der Waals surface area contributed by atoms with Crippen LogP contribution in [0.15, 0.2) is 44.5 Å². The van der Waals surface area contributed by atoms with E-state index in [-0.39, 0.29) is 24.0 Å². The Morgan fingerprint density at radius 1 is 1.43 bits per heavy atom. The molecule has 0 fully saturated rings. The van der Waals surface area contributed by atoms with Gasteiger partial charge in [-0.3, -0.25) is 4.99 Å². The van der Waals surface area contributed by atoms with E-state index in [1.165, 1.54) is 0 Å². The predicted molar refractivity (Wildman–Crippen MR) is 104 cm³/mol. The van der Waals surface area contributed by atoms with E-state index >= 15 is 0 Å². The molecule has 0 aliphatic rings. The summed E-state index contributed by atoms with van der Waals surface area (Å²) in [6.45, 7) is 1.25. The molecule has 1 N–H and O–H groups in total. The molecule has 0 spiro atoms. The number of nitrogens with one attached hydrogen (secondary N) is 1. The SMILES string of the molecule is CN=C(NCc1cc(OC)ccc1Br)N(C)Cc1ccon1.I. The normalized spacial score (nSPS) is 10.9. The number of hydrogen-bond donors (Lipinski definition) is 1. The zero-order valence-electron chi connectivity index (χ0n) is 13.2. The number of guanidine groups is 1. The lowest BCUT2D eigenvalue weighted by molar-refractivity contribution is 0.391. The highest BCUT2D eigenvalue weighted by molar-refractivity contribution is 14.0. The van der Waals surface area contributed by atoms with Crippen molar-refractivity contribution in [1.29, 1.82) is 0 Å². The summed E-state index contributed by atoms with van der Waals surface area (Å²) in [5.74, 6) is 1.60. The fourth-order valence-corrected chi connectivity index (χ4v) is 2.40. The first-order chi connectivity index (χ1) is 10.6. The second-order valence-corrected chi connectivity index (χ2v) is 5.56. The van der Waals surface area contributed by atoms with Gasteiger partial charge in [0.05, 0.1) is 13.7 Å². The van der Waals surface area contributed by atoms with Crippen LogP contribution in [-0.2, 0) is 13.1 Å². The van der Waals surface area contributed by atoms with E-state index in [4.69, 9.17) is 9.26 Å². The zero-order valence-corrected chi connectivity index (χ0v) is 17.2. The molecule has 126 valence electrons. The van der Waals surface area contributed by atoms with Crippen molar-refractivity contribution in [3.05, 3.63) is 46.3 Å². The number of aromatic nitrogens is 1. The molecular formula is C15H20BrIN4O2. The molecule has 1 aromatic carbocycles. The molecule has 1 heterocycles. The molecule has 1 aromatic heterocycles. The maximum atomic E-state index is 5.25. The van der Waals surface area contributed by atoms with Crippen LogP contribution in [0.5, 0.6) is 5.75 Å². The van der Waals surface area contributed by atoms with Crippen LogP contribution in [0.3, 0.4) is 0 Å². The van der Waals surface area contributed by atoms with Crippen LogP contribution in [0.2, 0.25) is 0 Å². The van der Waals surface area contributed by atoms with Gasteiger partial charge < -0.3 is 19.5 Å². The van der Waals surface area contributed by atoms with Gasteiger partial charge in [-0.2, -0.15) is 0 Å². The number of nitrogens with zero attached hydrogens (tertiary/aromatic N) is 3. The number of hydrogen-bond acceptors (Lipinski definition) is 4. The van der Waals surface area contributed by atoms with Gasteiger partial charge in [0.15, 0.2) is 5.96 Å². The van der Waals surface area contributed by atoms with Crippen molar-refractivity contribution in [1.82, 2.24) is 15.4 Å². The molecule has 0 saturated heterocycles. The summed E-state index contributed by atoms with van der Waals surface area (Å²) >= 11 is 3.55. The highest BCUT2D eigenvalue weighted by Crippen LogP contribution is 2.22. The Morgan fingerprint density at radius 2 is 2.22 bits per heavy atom. The summed E-state index contributed by atoms with van der Waals surface area (Å²) in [5.41, 5.74) is 1.95. The molecule has 0 radical (unpaired) electrons. The Bertz CT molecular complexity index is 634. The minimum Gasteiger partial charge on any atom is -0.497 e. The van der Waals surface area contributed by atoms with Gasteiger partial charge in [0, 0.05) is 31.2 Å². The van der Waals surface area contributed by atoms with Crippen LogP contribution >= 0.6 is 39.9 Å². The van der Waals surface area contributed by atoms with E-state index in [1.807, 2.05) is 36.2 Å². The Kier molecular flexibility index (Phi) is 8.38. The van der Waals surface area contributed by atoms with Crippen molar-refractivity contribution in [3.8, 4) is 5.75 Å². The largest absolute Gasteiger partial charge is 0.497 e. The molecule has 8 heteroatoms. The lowest BCUT2D eigenvalue weighted by Crippen LogP contribution is -2.38. The van der Waals surface area contributed by atoms with Crippen LogP contribution in [-0.4, -0.2) is 37.2 Å². The van der Waals surface area contributed by atoms with E-state index in [2.05, 4.69) is 31.4 Å². The second kappa shape index (κ2) is 9.76. The van der Waals surface area contributed by atoms with Crippen molar-refractivity contribution < 1.29 is 9.26 Å². The van der Waals surface area contributed by atoms with Crippen molar-refractivity contribution in [2.75, 3.05) is 21.2 Å². The van der Waals surface area contributed by atoms with E-state index in [0.29, 0.717) is 13.1 Å². The van der Waals surface area contributed by atoms with E-state index in [9.17, 15) is 0 Å². The van der Waals surface area contributed by atoms with Crippen molar-refractivity contribution >= 4 is 45.9 Å². The van der Waals surface area contributed by atoms with Gasteiger partial charge in [-0.05, 0) is 23.8 Å². The first kappa shape index (κ1) is 19.8. The van der Waals surface area contributed by atoms with Crippen molar-refractivity contribution in [3.63, 3.8) is 0 Å². The van der Waals surface area contributed by atoms with Crippen molar-refractivity contribution in [2.24, 2.45) is 4.99 Å². The predicted octanol–water partition coefficient (Wildman–Crippen LogP) is 3.27. The smallest absolute Gasteiger partial charge is 0.194 e. The molecule has 2 aromatic rings. The van der Waals surface area contributed by atoms with E-state index < -0.39 is 0 Å². The van der Waals surface area contributed by atoms with E-state index in [1.54, 1.807) is 20.4 Å². The number of methoxy groups -OCH3 is 1.